The van der Waals surface area contributed by atoms with Gasteiger partial charge in [0.15, 0.2) is 0 Å². The van der Waals surface area contributed by atoms with E-state index in [1.54, 1.807) is 13.1 Å². The minimum atomic E-state index is -0.703. The number of aryl methyl sites for hydroxylation is 1. The minimum absolute atomic E-state index is 0.0784. The number of aromatic amines is 1. The number of H-pyrrole nitrogens is 1. The SMILES string of the molecule is Cc1cn([C@H]2C[C@@H]3OC(C)(C)OC[C@]3([Se]c3ccccc3)O2)c(=O)[nH]c1=O. The number of rotatable bonds is 3. The molecule has 0 spiro atoms. The summed E-state index contributed by atoms with van der Waals surface area (Å²) in [6, 6.07) is 10.1. The number of hydrogen-bond donors (Lipinski definition) is 1. The summed E-state index contributed by atoms with van der Waals surface area (Å²) in [6.07, 6.45) is 1.36. The third-order valence-corrected chi connectivity index (χ3v) is 7.57. The molecule has 1 aromatic heterocycles. The quantitative estimate of drug-likeness (QED) is 0.713. The molecular formula is C19H22N2O5Se. The molecule has 2 fully saturated rings. The Morgan fingerprint density at radius 2 is 1.93 bits per heavy atom. The fourth-order valence-corrected chi connectivity index (χ4v) is 6.02. The van der Waals surface area contributed by atoms with Gasteiger partial charge in [0.1, 0.15) is 0 Å². The van der Waals surface area contributed by atoms with Crippen LogP contribution in [-0.4, -0.2) is 47.5 Å². The second kappa shape index (κ2) is 6.72. The summed E-state index contributed by atoms with van der Waals surface area (Å²) in [5.41, 5.74) is -0.388. The van der Waals surface area contributed by atoms with Crippen molar-refractivity contribution in [2.24, 2.45) is 0 Å². The van der Waals surface area contributed by atoms with Crippen molar-refractivity contribution in [2.45, 2.75) is 49.8 Å². The first-order valence-electron chi connectivity index (χ1n) is 8.84. The van der Waals surface area contributed by atoms with Crippen molar-refractivity contribution < 1.29 is 14.2 Å². The van der Waals surface area contributed by atoms with Gasteiger partial charge in [-0.25, -0.2) is 0 Å². The van der Waals surface area contributed by atoms with Gasteiger partial charge >= 0.3 is 163 Å². The Morgan fingerprint density at radius 1 is 1.19 bits per heavy atom. The Kier molecular flexibility index (Phi) is 4.64. The molecule has 0 saturated carbocycles. The Morgan fingerprint density at radius 3 is 2.67 bits per heavy atom. The van der Waals surface area contributed by atoms with Crippen molar-refractivity contribution in [3.05, 3.63) is 62.9 Å². The van der Waals surface area contributed by atoms with Gasteiger partial charge in [-0.3, -0.25) is 0 Å². The molecule has 7 nitrogen and oxygen atoms in total. The summed E-state index contributed by atoms with van der Waals surface area (Å²) in [5, 5.41) is 0. The Hall–Kier alpha value is -1.70. The summed E-state index contributed by atoms with van der Waals surface area (Å²) in [7, 11) is 0. The van der Waals surface area contributed by atoms with E-state index in [2.05, 4.69) is 17.1 Å². The first kappa shape index (κ1) is 18.7. The van der Waals surface area contributed by atoms with Crippen LogP contribution in [0.5, 0.6) is 0 Å². The van der Waals surface area contributed by atoms with E-state index >= 15 is 0 Å². The van der Waals surface area contributed by atoms with Gasteiger partial charge in [-0.05, 0) is 0 Å². The molecule has 3 atom stereocenters. The van der Waals surface area contributed by atoms with E-state index in [9.17, 15) is 9.59 Å². The Bertz CT molecular complexity index is 955. The molecule has 4 rings (SSSR count). The van der Waals surface area contributed by atoms with Gasteiger partial charge in [0.05, 0.1) is 0 Å². The molecule has 27 heavy (non-hydrogen) atoms. The topological polar surface area (TPSA) is 82.6 Å². The predicted octanol–water partition coefficient (Wildman–Crippen LogP) is 0.641. The van der Waals surface area contributed by atoms with E-state index in [0.29, 0.717) is 18.6 Å². The monoisotopic (exact) mass is 438 g/mol. The summed E-state index contributed by atoms with van der Waals surface area (Å²) >= 11 is -0.0784. The zero-order valence-electron chi connectivity index (χ0n) is 15.4. The van der Waals surface area contributed by atoms with Gasteiger partial charge in [-0.1, -0.05) is 0 Å². The number of benzene rings is 1. The number of nitrogens with one attached hydrogen (secondary N) is 1. The molecule has 144 valence electrons. The molecule has 3 heterocycles. The molecular weight excluding hydrogens is 415 g/mol. The molecule has 0 amide bonds. The van der Waals surface area contributed by atoms with E-state index < -0.39 is 22.2 Å². The predicted molar refractivity (Wildman–Crippen MR) is 100 cm³/mol. The number of nitrogens with zero attached hydrogens (tertiary/aromatic N) is 1. The fourth-order valence-electron chi connectivity index (χ4n) is 3.41. The van der Waals surface area contributed by atoms with Crippen LogP contribution in [0.3, 0.4) is 0 Å². The van der Waals surface area contributed by atoms with Crippen molar-refractivity contribution in [3.8, 4) is 0 Å². The molecule has 2 aliphatic rings. The van der Waals surface area contributed by atoms with Crippen LogP contribution in [0.2, 0.25) is 0 Å². The van der Waals surface area contributed by atoms with Crippen molar-refractivity contribution in [2.75, 3.05) is 6.61 Å². The van der Waals surface area contributed by atoms with Crippen LogP contribution in [0.25, 0.3) is 0 Å². The zero-order valence-corrected chi connectivity index (χ0v) is 17.1. The van der Waals surface area contributed by atoms with E-state index in [1.807, 2.05) is 32.0 Å². The summed E-state index contributed by atoms with van der Waals surface area (Å²) < 4.78 is 20.6. The van der Waals surface area contributed by atoms with E-state index in [1.165, 1.54) is 9.03 Å². The van der Waals surface area contributed by atoms with Gasteiger partial charge in [0.2, 0.25) is 0 Å². The molecule has 1 aromatic carbocycles. The van der Waals surface area contributed by atoms with Crippen LogP contribution >= 0.6 is 0 Å². The normalized spacial score (nSPS) is 29.4. The van der Waals surface area contributed by atoms with Crippen molar-refractivity contribution in [1.82, 2.24) is 9.55 Å². The third kappa shape index (κ3) is 3.56. The standard InChI is InChI=1S/C19H22N2O5Se/c1-12-10-21(17(23)20-16(12)22)15-9-14-19(26-15,11-24-18(2,3)25-14)27-13-7-5-4-6-8-13/h4-8,10,14-15H,9,11H2,1-3H3,(H,20,22,23)/t14-,15+,19+/m0/s1. The first-order valence-corrected chi connectivity index (χ1v) is 10.6. The Balaban J connectivity index is 1.70. The molecule has 0 unspecified atom stereocenters. The first-order chi connectivity index (χ1) is 12.8. The van der Waals surface area contributed by atoms with E-state index in [-0.39, 0.29) is 26.6 Å². The van der Waals surface area contributed by atoms with Gasteiger partial charge in [-0.15, -0.1) is 0 Å². The Labute approximate surface area is 162 Å². The average molecular weight is 437 g/mol. The number of ether oxygens (including phenoxy) is 3. The number of fused-ring (bicyclic) bond motifs is 1. The van der Waals surface area contributed by atoms with Gasteiger partial charge in [0, 0.05) is 0 Å². The van der Waals surface area contributed by atoms with Crippen molar-refractivity contribution in [1.29, 1.82) is 0 Å². The van der Waals surface area contributed by atoms with Crippen LogP contribution in [0.15, 0.2) is 46.1 Å². The second-order valence-electron chi connectivity index (χ2n) is 7.31. The summed E-state index contributed by atoms with van der Waals surface area (Å²) in [5.74, 6) is -0.703. The van der Waals surface area contributed by atoms with Crippen LogP contribution in [0.4, 0.5) is 0 Å². The molecule has 1 N–H and O–H groups in total. The van der Waals surface area contributed by atoms with E-state index in [4.69, 9.17) is 14.2 Å². The summed E-state index contributed by atoms with van der Waals surface area (Å²) in [4.78, 5) is 26.4. The van der Waals surface area contributed by atoms with E-state index in [0.717, 1.165) is 0 Å². The van der Waals surface area contributed by atoms with Gasteiger partial charge < -0.3 is 0 Å². The average Bonchev–Trinajstić information content (AvgIpc) is 2.96. The van der Waals surface area contributed by atoms with Crippen LogP contribution in [-0.2, 0) is 14.2 Å². The molecule has 0 radical (unpaired) electrons. The second-order valence-corrected chi connectivity index (χ2v) is 10.2. The van der Waals surface area contributed by atoms with Crippen LogP contribution < -0.4 is 15.7 Å². The molecule has 0 aliphatic carbocycles. The zero-order chi connectivity index (χ0) is 19.2. The fraction of sp³-hybridized carbons (Fsp3) is 0.474. The maximum atomic E-state index is 12.3. The van der Waals surface area contributed by atoms with Crippen molar-refractivity contribution in [3.63, 3.8) is 0 Å². The summed E-state index contributed by atoms with van der Waals surface area (Å²) in [6.45, 7) is 5.84. The molecule has 2 aliphatic heterocycles. The molecule has 2 saturated heterocycles. The maximum absolute atomic E-state index is 12.3. The van der Waals surface area contributed by atoms with Crippen molar-refractivity contribution >= 4 is 19.4 Å². The number of hydrogen-bond acceptors (Lipinski definition) is 5. The number of aromatic nitrogens is 2. The molecule has 0 bridgehead atoms. The molecule has 2 aromatic rings. The van der Waals surface area contributed by atoms with Gasteiger partial charge in [-0.2, -0.15) is 0 Å². The van der Waals surface area contributed by atoms with Gasteiger partial charge in [0.25, 0.3) is 0 Å². The van der Waals surface area contributed by atoms with Crippen LogP contribution in [0.1, 0.15) is 32.1 Å². The third-order valence-electron chi connectivity index (χ3n) is 4.78. The van der Waals surface area contributed by atoms with Crippen LogP contribution in [0, 0.1) is 6.92 Å². The molecule has 8 heteroatoms.